The molecule has 0 aromatic heterocycles. The molecule has 1 saturated heterocycles. The summed E-state index contributed by atoms with van der Waals surface area (Å²) in [6.07, 6.45) is 4.53. The SMILES string of the molecule is C=CCOC(=O)/C(=C/C)NC(=O)[C@H](C)NC(=O)[C@@H]1CCCN1C(=O)/C(=C/C)NC(=O)[C@H](CC)NC(=O)OC(C)(C)C. The van der Waals surface area contributed by atoms with Gasteiger partial charge in [-0.3, -0.25) is 19.2 Å². The van der Waals surface area contributed by atoms with Crippen LogP contribution < -0.4 is 21.3 Å². The van der Waals surface area contributed by atoms with Gasteiger partial charge in [0.1, 0.15) is 41.7 Å². The summed E-state index contributed by atoms with van der Waals surface area (Å²) < 4.78 is 10.1. The molecule has 1 aliphatic heterocycles. The predicted molar refractivity (Wildman–Crippen MR) is 151 cm³/mol. The zero-order valence-electron chi connectivity index (χ0n) is 24.9. The minimum Gasteiger partial charge on any atom is -0.457 e. The van der Waals surface area contributed by atoms with Crippen molar-refractivity contribution in [2.24, 2.45) is 0 Å². The Labute approximate surface area is 241 Å². The third kappa shape index (κ3) is 11.1. The number of alkyl carbamates (subject to hydrolysis) is 1. The van der Waals surface area contributed by atoms with Crippen LogP contribution in [0.1, 0.15) is 67.7 Å². The molecule has 13 heteroatoms. The first-order valence-electron chi connectivity index (χ1n) is 13.5. The summed E-state index contributed by atoms with van der Waals surface area (Å²) in [5, 5.41) is 10.0. The summed E-state index contributed by atoms with van der Waals surface area (Å²) in [4.78, 5) is 77.3. The minimum atomic E-state index is -1.03. The topological polar surface area (TPSA) is 172 Å². The van der Waals surface area contributed by atoms with Gasteiger partial charge in [0, 0.05) is 6.54 Å². The van der Waals surface area contributed by atoms with Crippen molar-refractivity contribution in [1.29, 1.82) is 0 Å². The number of carbonyl (C=O) groups is 6. The summed E-state index contributed by atoms with van der Waals surface area (Å²) in [5.41, 5.74) is -0.893. The van der Waals surface area contributed by atoms with Crippen LogP contribution in [-0.4, -0.2) is 77.5 Å². The second-order valence-corrected chi connectivity index (χ2v) is 10.3. The molecule has 0 radical (unpaired) electrons. The van der Waals surface area contributed by atoms with E-state index >= 15 is 0 Å². The highest BCUT2D eigenvalue weighted by molar-refractivity contribution is 6.02. The summed E-state index contributed by atoms with van der Waals surface area (Å²) in [7, 11) is 0. The molecular weight excluding hydrogens is 534 g/mol. The van der Waals surface area contributed by atoms with E-state index in [4.69, 9.17) is 9.47 Å². The summed E-state index contributed by atoms with van der Waals surface area (Å²) in [5.74, 6) is -3.16. The number of ether oxygens (including phenoxy) is 2. The molecule has 1 aliphatic rings. The lowest BCUT2D eigenvalue weighted by Crippen LogP contribution is -2.53. The average molecular weight is 578 g/mol. The number of likely N-dealkylation sites (tertiary alicyclic amines) is 1. The van der Waals surface area contributed by atoms with Gasteiger partial charge in [0.25, 0.3) is 5.91 Å². The van der Waals surface area contributed by atoms with Crippen LogP contribution in [0.25, 0.3) is 0 Å². The van der Waals surface area contributed by atoms with E-state index in [0.717, 1.165) is 0 Å². The Balaban J connectivity index is 2.85. The molecule has 228 valence electrons. The van der Waals surface area contributed by atoms with Gasteiger partial charge in [-0.1, -0.05) is 31.7 Å². The fourth-order valence-corrected chi connectivity index (χ4v) is 3.78. The van der Waals surface area contributed by atoms with Crippen LogP contribution in [0.4, 0.5) is 4.79 Å². The van der Waals surface area contributed by atoms with Crippen molar-refractivity contribution in [1.82, 2.24) is 26.2 Å². The Hall–Kier alpha value is -4.16. The molecule has 13 nitrogen and oxygen atoms in total. The number of allylic oxidation sites excluding steroid dienone is 2. The van der Waals surface area contributed by atoms with Crippen LogP contribution in [0.5, 0.6) is 0 Å². The molecule has 0 unspecified atom stereocenters. The summed E-state index contributed by atoms with van der Waals surface area (Å²) >= 11 is 0. The van der Waals surface area contributed by atoms with Gasteiger partial charge in [-0.05, 0) is 60.8 Å². The molecule has 1 heterocycles. The second kappa shape index (κ2) is 16.2. The van der Waals surface area contributed by atoms with Crippen molar-refractivity contribution in [3.63, 3.8) is 0 Å². The van der Waals surface area contributed by atoms with Crippen LogP contribution in [0.15, 0.2) is 36.2 Å². The highest BCUT2D eigenvalue weighted by Crippen LogP contribution is 2.20. The highest BCUT2D eigenvalue weighted by Gasteiger charge is 2.37. The zero-order chi connectivity index (χ0) is 31.3. The molecule has 0 aliphatic carbocycles. The zero-order valence-corrected chi connectivity index (χ0v) is 24.9. The largest absolute Gasteiger partial charge is 0.457 e. The molecule has 0 saturated carbocycles. The van der Waals surface area contributed by atoms with Gasteiger partial charge in [-0.25, -0.2) is 9.59 Å². The number of nitrogens with one attached hydrogen (secondary N) is 4. The van der Waals surface area contributed by atoms with Gasteiger partial charge < -0.3 is 35.6 Å². The molecule has 0 spiro atoms. The highest BCUT2D eigenvalue weighted by atomic mass is 16.6. The van der Waals surface area contributed by atoms with Gasteiger partial charge in [-0.2, -0.15) is 0 Å². The first-order valence-corrected chi connectivity index (χ1v) is 13.5. The molecule has 0 bridgehead atoms. The number of nitrogens with zero attached hydrogens (tertiary/aromatic N) is 1. The number of amides is 5. The van der Waals surface area contributed by atoms with E-state index in [2.05, 4.69) is 27.8 Å². The Bertz CT molecular complexity index is 1080. The third-order valence-corrected chi connectivity index (χ3v) is 5.86. The smallest absolute Gasteiger partial charge is 0.408 e. The molecule has 41 heavy (non-hydrogen) atoms. The van der Waals surface area contributed by atoms with E-state index in [1.165, 1.54) is 30.1 Å². The molecule has 4 N–H and O–H groups in total. The number of hydrogen-bond acceptors (Lipinski definition) is 8. The van der Waals surface area contributed by atoms with Crippen molar-refractivity contribution in [2.45, 2.75) is 91.5 Å². The second-order valence-electron chi connectivity index (χ2n) is 10.3. The van der Waals surface area contributed by atoms with Gasteiger partial charge in [-0.15, -0.1) is 0 Å². The maximum atomic E-state index is 13.3. The Morgan fingerprint density at radius 3 is 2.15 bits per heavy atom. The van der Waals surface area contributed by atoms with E-state index in [-0.39, 0.29) is 31.0 Å². The van der Waals surface area contributed by atoms with Crippen LogP contribution in [0.3, 0.4) is 0 Å². The molecule has 1 fully saturated rings. The average Bonchev–Trinajstić information content (AvgIpc) is 3.40. The number of esters is 1. The third-order valence-electron chi connectivity index (χ3n) is 5.86. The molecule has 0 aromatic carbocycles. The summed E-state index contributed by atoms with van der Waals surface area (Å²) in [6.45, 7) is 15.0. The quantitative estimate of drug-likeness (QED) is 0.154. The lowest BCUT2D eigenvalue weighted by molar-refractivity contribution is -0.140. The van der Waals surface area contributed by atoms with Crippen molar-refractivity contribution < 1.29 is 38.2 Å². The maximum Gasteiger partial charge on any atom is 0.408 e. The maximum absolute atomic E-state index is 13.3. The molecule has 5 amide bonds. The molecule has 1 rings (SSSR count). The van der Waals surface area contributed by atoms with E-state index in [0.29, 0.717) is 12.8 Å². The predicted octanol–water partition coefficient (Wildman–Crippen LogP) is 1.55. The van der Waals surface area contributed by atoms with E-state index < -0.39 is 59.4 Å². The van der Waals surface area contributed by atoms with Crippen molar-refractivity contribution >= 4 is 35.7 Å². The standard InChI is InChI=1S/C28H43N5O8/c1-9-16-40-26(38)20(12-4)31-22(34)17(5)29-24(36)21-14-13-15-33(21)25(37)19(11-3)30-23(35)18(10-2)32-27(39)41-28(6,7)8/h9,11-12,17-18,21H,1,10,13-16H2,2-8H3,(H,29,36)(H,30,35)(H,31,34)(H,32,39)/b19-11-,20-12-/t17-,18-,21-/m0/s1. The van der Waals surface area contributed by atoms with Crippen molar-refractivity contribution in [3.05, 3.63) is 36.2 Å². The van der Waals surface area contributed by atoms with Crippen LogP contribution >= 0.6 is 0 Å². The monoisotopic (exact) mass is 577 g/mol. The summed E-state index contributed by atoms with van der Waals surface area (Å²) in [6, 6.07) is -2.88. The van der Waals surface area contributed by atoms with Crippen molar-refractivity contribution in [3.8, 4) is 0 Å². The normalized spacial score (nSPS) is 17.0. The van der Waals surface area contributed by atoms with Crippen LogP contribution in [0.2, 0.25) is 0 Å². The lowest BCUT2D eigenvalue weighted by Gasteiger charge is -2.27. The minimum absolute atomic E-state index is 0.0299. The van der Waals surface area contributed by atoms with Gasteiger partial charge in [0.15, 0.2) is 0 Å². The Morgan fingerprint density at radius 1 is 1.00 bits per heavy atom. The number of hydrogen-bond donors (Lipinski definition) is 4. The van der Waals surface area contributed by atoms with Gasteiger partial charge in [0.2, 0.25) is 17.7 Å². The van der Waals surface area contributed by atoms with Crippen LogP contribution in [0, 0.1) is 0 Å². The Kier molecular flexibility index (Phi) is 13.8. The fraction of sp³-hybridized carbons (Fsp3) is 0.571. The van der Waals surface area contributed by atoms with Crippen LogP contribution in [-0.2, 0) is 33.4 Å². The molecular formula is C28H43N5O8. The fourth-order valence-electron chi connectivity index (χ4n) is 3.78. The van der Waals surface area contributed by atoms with E-state index in [9.17, 15) is 28.8 Å². The lowest BCUT2D eigenvalue weighted by atomic mass is 10.1. The molecule has 3 atom stereocenters. The van der Waals surface area contributed by atoms with Gasteiger partial charge >= 0.3 is 12.1 Å². The first kappa shape index (κ1) is 34.9. The Morgan fingerprint density at radius 2 is 1.61 bits per heavy atom. The van der Waals surface area contributed by atoms with Crippen molar-refractivity contribution in [2.75, 3.05) is 13.2 Å². The van der Waals surface area contributed by atoms with Gasteiger partial charge in [0.05, 0.1) is 0 Å². The number of carbonyl (C=O) groups excluding carboxylic acids is 6. The van der Waals surface area contributed by atoms with E-state index in [1.54, 1.807) is 41.5 Å². The first-order chi connectivity index (χ1) is 19.2. The molecule has 0 aromatic rings. The number of rotatable bonds is 12. The van der Waals surface area contributed by atoms with E-state index in [1.807, 2.05) is 0 Å².